The summed E-state index contributed by atoms with van der Waals surface area (Å²) in [5.74, 6) is 2.05. The predicted molar refractivity (Wildman–Crippen MR) is 129 cm³/mol. The third-order valence-corrected chi connectivity index (χ3v) is 6.08. The summed E-state index contributed by atoms with van der Waals surface area (Å²) in [5.41, 5.74) is 7.59. The van der Waals surface area contributed by atoms with Gasteiger partial charge in [-0.05, 0) is 79.0 Å². The van der Waals surface area contributed by atoms with Gasteiger partial charge in [0.1, 0.15) is 22.7 Å². The number of benzene rings is 2. The van der Waals surface area contributed by atoms with Crippen LogP contribution in [0.2, 0.25) is 0 Å². The normalized spacial score (nSPS) is 12.3. The molecule has 2 heterocycles. The van der Waals surface area contributed by atoms with E-state index in [2.05, 4.69) is 91.8 Å². The van der Waals surface area contributed by atoms with E-state index in [1.165, 1.54) is 33.0 Å². The maximum atomic E-state index is 5.73. The minimum absolute atomic E-state index is 0.183. The molecule has 0 atom stereocenters. The SMILES string of the molecule is Cc1oc2cc(C(C)(C)C)ccc2c1C.Cc1oc2ccc(C(C)(C)C)cc2c1C. The van der Waals surface area contributed by atoms with Crippen LogP contribution in [0, 0.1) is 27.7 Å². The Bertz CT molecular complexity index is 1190. The smallest absolute Gasteiger partial charge is 0.134 e. The molecule has 0 saturated carbocycles. The lowest BCUT2D eigenvalue weighted by Gasteiger charge is -2.18. The fraction of sp³-hybridized carbons (Fsp3) is 0.429. The Hall–Kier alpha value is -2.48. The molecule has 0 fully saturated rings. The van der Waals surface area contributed by atoms with Gasteiger partial charge in [0, 0.05) is 10.8 Å². The Balaban J connectivity index is 0.000000171. The first kappa shape index (κ1) is 22.2. The average Bonchev–Trinajstić information content (AvgIpc) is 3.09. The molecule has 0 unspecified atom stereocenters. The van der Waals surface area contributed by atoms with Crippen molar-refractivity contribution in [2.45, 2.75) is 80.1 Å². The highest BCUT2D eigenvalue weighted by Crippen LogP contribution is 2.31. The van der Waals surface area contributed by atoms with Gasteiger partial charge in [0.05, 0.1) is 0 Å². The van der Waals surface area contributed by atoms with Crippen LogP contribution in [-0.2, 0) is 10.8 Å². The predicted octanol–water partition coefficient (Wildman–Crippen LogP) is 8.69. The molecule has 0 N–H and O–H groups in total. The van der Waals surface area contributed by atoms with Gasteiger partial charge in [-0.15, -0.1) is 0 Å². The monoisotopic (exact) mass is 404 g/mol. The summed E-state index contributed by atoms with van der Waals surface area (Å²) >= 11 is 0. The summed E-state index contributed by atoms with van der Waals surface area (Å²) < 4.78 is 11.4. The Labute approximate surface area is 181 Å². The van der Waals surface area contributed by atoms with E-state index in [-0.39, 0.29) is 10.8 Å². The quantitative estimate of drug-likeness (QED) is 0.293. The third-order valence-electron chi connectivity index (χ3n) is 6.08. The van der Waals surface area contributed by atoms with Crippen molar-refractivity contribution in [2.24, 2.45) is 0 Å². The van der Waals surface area contributed by atoms with Gasteiger partial charge >= 0.3 is 0 Å². The van der Waals surface area contributed by atoms with Crippen molar-refractivity contribution in [3.63, 3.8) is 0 Å². The fourth-order valence-corrected chi connectivity index (χ4v) is 3.62. The minimum atomic E-state index is 0.183. The van der Waals surface area contributed by atoms with E-state index in [0.29, 0.717) is 0 Å². The highest BCUT2D eigenvalue weighted by molar-refractivity contribution is 5.83. The molecular weight excluding hydrogens is 368 g/mol. The van der Waals surface area contributed by atoms with E-state index < -0.39 is 0 Å². The maximum Gasteiger partial charge on any atom is 0.134 e. The Morgan fingerprint density at radius 2 is 1.00 bits per heavy atom. The molecule has 0 bridgehead atoms. The van der Waals surface area contributed by atoms with Crippen LogP contribution in [0.3, 0.4) is 0 Å². The summed E-state index contributed by atoms with van der Waals surface area (Å²) in [6.07, 6.45) is 0. The molecule has 2 heteroatoms. The summed E-state index contributed by atoms with van der Waals surface area (Å²) in [6.45, 7) is 21.6. The lowest BCUT2D eigenvalue weighted by molar-refractivity contribution is 0.566. The molecule has 2 aromatic heterocycles. The second-order valence-corrected chi connectivity index (χ2v) is 10.5. The summed E-state index contributed by atoms with van der Waals surface area (Å²) in [7, 11) is 0. The van der Waals surface area contributed by atoms with Crippen LogP contribution in [0.5, 0.6) is 0 Å². The molecule has 160 valence electrons. The van der Waals surface area contributed by atoms with Crippen molar-refractivity contribution >= 4 is 21.9 Å². The minimum Gasteiger partial charge on any atom is -0.461 e. The average molecular weight is 405 g/mol. The molecule has 0 aliphatic carbocycles. The van der Waals surface area contributed by atoms with E-state index in [0.717, 1.165) is 22.7 Å². The Kier molecular flexibility index (Phi) is 5.66. The Morgan fingerprint density at radius 1 is 0.533 bits per heavy atom. The zero-order chi connectivity index (χ0) is 22.4. The largest absolute Gasteiger partial charge is 0.461 e. The lowest BCUT2D eigenvalue weighted by Crippen LogP contribution is -2.10. The van der Waals surface area contributed by atoms with Crippen LogP contribution < -0.4 is 0 Å². The van der Waals surface area contributed by atoms with E-state index in [1.54, 1.807) is 0 Å². The molecular formula is C28H36O2. The van der Waals surface area contributed by atoms with Crippen molar-refractivity contribution in [3.8, 4) is 0 Å². The number of aryl methyl sites for hydroxylation is 4. The maximum absolute atomic E-state index is 5.73. The molecule has 0 spiro atoms. The number of hydrogen-bond acceptors (Lipinski definition) is 2. The van der Waals surface area contributed by atoms with Crippen molar-refractivity contribution < 1.29 is 8.83 Å². The summed E-state index contributed by atoms with van der Waals surface area (Å²) in [5, 5.41) is 2.49. The molecule has 0 saturated heterocycles. The highest BCUT2D eigenvalue weighted by Gasteiger charge is 2.17. The van der Waals surface area contributed by atoms with Gasteiger partial charge in [0.15, 0.2) is 0 Å². The van der Waals surface area contributed by atoms with Gasteiger partial charge in [-0.3, -0.25) is 0 Å². The van der Waals surface area contributed by atoms with E-state index >= 15 is 0 Å². The lowest BCUT2D eigenvalue weighted by atomic mass is 9.86. The number of rotatable bonds is 0. The topological polar surface area (TPSA) is 26.3 Å². The first-order valence-corrected chi connectivity index (χ1v) is 10.8. The molecule has 2 aromatic carbocycles. The fourth-order valence-electron chi connectivity index (χ4n) is 3.62. The summed E-state index contributed by atoms with van der Waals surface area (Å²) in [6, 6.07) is 13.0. The van der Waals surface area contributed by atoms with Crippen molar-refractivity contribution in [1.82, 2.24) is 0 Å². The van der Waals surface area contributed by atoms with Gasteiger partial charge in [-0.1, -0.05) is 59.7 Å². The van der Waals surface area contributed by atoms with Crippen LogP contribution >= 0.6 is 0 Å². The molecule has 30 heavy (non-hydrogen) atoms. The highest BCUT2D eigenvalue weighted by atomic mass is 16.3. The standard InChI is InChI=1S/2C14H18O/c1-9-10(2)15-13-7-6-11(8-12(9)13)14(3,4)5;1-9-10(2)15-13-8-11(14(3,4)5)6-7-12(9)13/h2*6-8H,1-5H3. The van der Waals surface area contributed by atoms with Crippen LogP contribution in [0.1, 0.15) is 75.3 Å². The zero-order valence-corrected chi connectivity index (χ0v) is 20.3. The van der Waals surface area contributed by atoms with Crippen molar-refractivity contribution in [2.75, 3.05) is 0 Å². The molecule has 4 aromatic rings. The van der Waals surface area contributed by atoms with Crippen LogP contribution in [-0.4, -0.2) is 0 Å². The van der Waals surface area contributed by atoms with Crippen LogP contribution in [0.15, 0.2) is 45.2 Å². The molecule has 4 rings (SSSR count). The molecule has 2 nitrogen and oxygen atoms in total. The van der Waals surface area contributed by atoms with Gasteiger partial charge in [-0.25, -0.2) is 0 Å². The number of fused-ring (bicyclic) bond motifs is 2. The van der Waals surface area contributed by atoms with Crippen molar-refractivity contribution in [1.29, 1.82) is 0 Å². The second-order valence-electron chi connectivity index (χ2n) is 10.5. The molecule has 0 aliphatic heterocycles. The molecule has 0 amide bonds. The van der Waals surface area contributed by atoms with Gasteiger partial charge in [-0.2, -0.15) is 0 Å². The first-order chi connectivity index (χ1) is 13.8. The van der Waals surface area contributed by atoms with Crippen molar-refractivity contribution in [3.05, 3.63) is 70.2 Å². The first-order valence-electron chi connectivity index (χ1n) is 10.8. The second kappa shape index (κ2) is 7.65. The van der Waals surface area contributed by atoms with Crippen LogP contribution in [0.25, 0.3) is 21.9 Å². The Morgan fingerprint density at radius 3 is 1.57 bits per heavy atom. The van der Waals surface area contributed by atoms with Gasteiger partial charge in [0.25, 0.3) is 0 Å². The molecule has 0 radical (unpaired) electrons. The molecule has 0 aliphatic rings. The van der Waals surface area contributed by atoms with E-state index in [1.807, 2.05) is 13.8 Å². The summed E-state index contributed by atoms with van der Waals surface area (Å²) in [4.78, 5) is 0. The van der Waals surface area contributed by atoms with E-state index in [4.69, 9.17) is 8.83 Å². The zero-order valence-electron chi connectivity index (χ0n) is 20.3. The van der Waals surface area contributed by atoms with Gasteiger partial charge < -0.3 is 8.83 Å². The van der Waals surface area contributed by atoms with Gasteiger partial charge in [0.2, 0.25) is 0 Å². The van der Waals surface area contributed by atoms with E-state index in [9.17, 15) is 0 Å². The number of furan rings is 2. The third kappa shape index (κ3) is 4.33. The number of hydrogen-bond donors (Lipinski definition) is 0. The van der Waals surface area contributed by atoms with Crippen LogP contribution in [0.4, 0.5) is 0 Å².